The molecule has 0 bridgehead atoms. The first kappa shape index (κ1) is 27.3. The minimum atomic E-state index is -3.18. The molecule has 2 fully saturated rings. The molecule has 216 valence electrons. The van der Waals surface area contributed by atoms with Crippen LogP contribution in [0.5, 0.6) is 5.75 Å². The monoisotopic (exact) mass is 564 g/mol. The van der Waals surface area contributed by atoms with Gasteiger partial charge in [-0.15, -0.1) is 0 Å². The molecule has 1 aromatic heterocycles. The van der Waals surface area contributed by atoms with E-state index in [9.17, 15) is 13.2 Å². The summed E-state index contributed by atoms with van der Waals surface area (Å²) in [4.78, 5) is 7.27. The average molecular weight is 565 g/mol. The number of benzene rings is 2. The van der Waals surface area contributed by atoms with Crippen LogP contribution in [0.25, 0.3) is 10.9 Å². The molecule has 40 heavy (non-hydrogen) atoms. The molecule has 11 heteroatoms. The summed E-state index contributed by atoms with van der Waals surface area (Å²) in [6.07, 6.45) is 1.03. The highest BCUT2D eigenvalue weighted by atomic mass is 19.3. The summed E-state index contributed by atoms with van der Waals surface area (Å²) < 4.78 is 81.6. The molecule has 3 aliphatic rings. The van der Waals surface area contributed by atoms with Crippen molar-refractivity contribution in [3.05, 3.63) is 59.0 Å². The Bertz CT molecular complexity index is 1360. The Labute approximate surface area is 229 Å². The quantitative estimate of drug-likeness (QED) is 0.322. The standard InChI is InChI=1S/C29H33F5N4O2/c1-17-9-21-20-5-2-3-6-23(20)36-26(21)27(38(17)14-29(34)15-39-16-29)25-22(31)10-18(11-24(25)40-28(32)33)35-19-12-37(13-19)8-4-7-30/h2-3,5-6,10-11,17,19,27-28,35-36H,4,7-9,12-16H2,1H3. The van der Waals surface area contributed by atoms with Crippen LogP contribution in [0.3, 0.4) is 0 Å². The maximum atomic E-state index is 16.2. The summed E-state index contributed by atoms with van der Waals surface area (Å²) >= 11 is 0. The molecule has 2 saturated heterocycles. The molecular weight excluding hydrogens is 531 g/mol. The van der Waals surface area contributed by atoms with Gasteiger partial charge in [0.1, 0.15) is 11.6 Å². The van der Waals surface area contributed by atoms with Crippen LogP contribution >= 0.6 is 0 Å². The zero-order valence-corrected chi connectivity index (χ0v) is 22.2. The number of anilines is 1. The fourth-order valence-electron chi connectivity index (χ4n) is 6.30. The maximum Gasteiger partial charge on any atom is 0.387 e. The Morgan fingerprint density at radius 3 is 2.67 bits per heavy atom. The second-order valence-corrected chi connectivity index (χ2v) is 11.2. The highest BCUT2D eigenvalue weighted by Gasteiger charge is 2.47. The lowest BCUT2D eigenvalue weighted by atomic mass is 9.86. The van der Waals surface area contributed by atoms with Crippen LogP contribution in [0.2, 0.25) is 0 Å². The van der Waals surface area contributed by atoms with E-state index >= 15 is 8.78 Å². The highest BCUT2D eigenvalue weighted by Crippen LogP contribution is 2.46. The van der Waals surface area contributed by atoms with E-state index < -0.39 is 24.1 Å². The van der Waals surface area contributed by atoms with E-state index in [0.717, 1.165) is 16.5 Å². The van der Waals surface area contributed by atoms with E-state index in [1.807, 2.05) is 36.1 Å². The van der Waals surface area contributed by atoms with Gasteiger partial charge in [-0.1, -0.05) is 18.2 Å². The minimum absolute atomic E-state index is 0.0271. The van der Waals surface area contributed by atoms with Gasteiger partial charge in [0.15, 0.2) is 5.67 Å². The number of nitrogens with one attached hydrogen (secondary N) is 2. The topological polar surface area (TPSA) is 52.8 Å². The smallest absolute Gasteiger partial charge is 0.387 e. The zero-order chi connectivity index (χ0) is 28.0. The van der Waals surface area contributed by atoms with Crippen LogP contribution in [0.15, 0.2) is 36.4 Å². The van der Waals surface area contributed by atoms with Gasteiger partial charge in [-0.05, 0) is 37.5 Å². The Kier molecular flexibility index (Phi) is 7.39. The number of H-pyrrole nitrogens is 1. The third kappa shape index (κ3) is 5.14. The van der Waals surface area contributed by atoms with Gasteiger partial charge in [0, 0.05) is 60.6 Å². The van der Waals surface area contributed by atoms with E-state index in [1.54, 1.807) is 0 Å². The number of hydrogen-bond donors (Lipinski definition) is 2. The number of ether oxygens (including phenoxy) is 2. The lowest BCUT2D eigenvalue weighted by Gasteiger charge is -2.46. The van der Waals surface area contributed by atoms with Gasteiger partial charge in [-0.25, -0.2) is 8.78 Å². The van der Waals surface area contributed by atoms with Crippen molar-refractivity contribution in [1.29, 1.82) is 0 Å². The second-order valence-electron chi connectivity index (χ2n) is 11.2. The van der Waals surface area contributed by atoms with Gasteiger partial charge in [0.2, 0.25) is 0 Å². The van der Waals surface area contributed by atoms with Crippen molar-refractivity contribution < 1.29 is 31.4 Å². The molecule has 0 radical (unpaired) electrons. The molecule has 6 rings (SSSR count). The van der Waals surface area contributed by atoms with Crippen molar-refractivity contribution >= 4 is 16.6 Å². The Morgan fingerprint density at radius 2 is 1.98 bits per heavy atom. The van der Waals surface area contributed by atoms with Crippen LogP contribution in [-0.4, -0.2) is 85.2 Å². The first-order valence-electron chi connectivity index (χ1n) is 13.7. The number of hydrogen-bond acceptors (Lipinski definition) is 5. The number of aromatic amines is 1. The Hall–Kier alpha value is -2.89. The summed E-state index contributed by atoms with van der Waals surface area (Å²) in [6, 6.07) is 9.22. The molecule has 0 saturated carbocycles. The van der Waals surface area contributed by atoms with Crippen molar-refractivity contribution in [2.75, 3.05) is 51.4 Å². The van der Waals surface area contributed by atoms with Gasteiger partial charge >= 0.3 is 6.61 Å². The van der Waals surface area contributed by atoms with Crippen LogP contribution in [0.4, 0.5) is 27.6 Å². The number of para-hydroxylation sites is 1. The number of rotatable bonds is 10. The van der Waals surface area contributed by atoms with Gasteiger partial charge < -0.3 is 19.8 Å². The molecule has 2 unspecified atom stereocenters. The predicted molar refractivity (Wildman–Crippen MR) is 142 cm³/mol. The molecule has 2 N–H and O–H groups in total. The maximum absolute atomic E-state index is 16.2. The van der Waals surface area contributed by atoms with Crippen molar-refractivity contribution in [2.45, 2.75) is 50.2 Å². The SMILES string of the molecule is CC1Cc2c([nH]c3ccccc23)C(c2c(F)cc(NC3CN(CCCF)C3)cc2OC(F)F)N1CC1(F)COC1. The van der Waals surface area contributed by atoms with E-state index in [2.05, 4.69) is 15.2 Å². The van der Waals surface area contributed by atoms with Gasteiger partial charge in [0.05, 0.1) is 37.5 Å². The molecular formula is C29H33F5N4O2. The first-order valence-corrected chi connectivity index (χ1v) is 13.7. The largest absolute Gasteiger partial charge is 0.434 e. The molecule has 2 aromatic carbocycles. The van der Waals surface area contributed by atoms with E-state index in [4.69, 9.17) is 9.47 Å². The van der Waals surface area contributed by atoms with Crippen LogP contribution in [0.1, 0.15) is 36.2 Å². The molecule has 3 aromatic rings. The number of likely N-dealkylation sites (tertiary alicyclic amines) is 1. The fraction of sp³-hybridized carbons (Fsp3) is 0.517. The molecule has 6 nitrogen and oxygen atoms in total. The van der Waals surface area contributed by atoms with Gasteiger partial charge in [-0.3, -0.25) is 14.2 Å². The van der Waals surface area contributed by atoms with Crippen molar-refractivity contribution in [2.24, 2.45) is 0 Å². The number of nitrogens with zero attached hydrogens (tertiary/aromatic N) is 2. The lowest BCUT2D eigenvalue weighted by Crippen LogP contribution is -2.57. The zero-order valence-electron chi connectivity index (χ0n) is 22.2. The van der Waals surface area contributed by atoms with Crippen LogP contribution < -0.4 is 10.1 Å². The highest BCUT2D eigenvalue weighted by molar-refractivity contribution is 5.85. The normalized spacial score (nSPS) is 23.2. The van der Waals surface area contributed by atoms with Crippen LogP contribution in [0, 0.1) is 5.82 Å². The minimum Gasteiger partial charge on any atom is -0.434 e. The summed E-state index contributed by atoms with van der Waals surface area (Å²) in [5, 5.41) is 4.15. The van der Waals surface area contributed by atoms with Crippen LogP contribution in [-0.2, 0) is 11.2 Å². The van der Waals surface area contributed by atoms with Crippen molar-refractivity contribution in [3.8, 4) is 5.75 Å². The number of alkyl halides is 4. The Morgan fingerprint density at radius 1 is 1.20 bits per heavy atom. The molecule has 0 amide bonds. The summed E-state index contributed by atoms with van der Waals surface area (Å²) in [6.45, 7) is 0.0914. The molecule has 0 spiro atoms. The summed E-state index contributed by atoms with van der Waals surface area (Å²) in [5.41, 5.74) is 1.07. The van der Waals surface area contributed by atoms with Gasteiger partial charge in [0.25, 0.3) is 0 Å². The number of fused-ring (bicyclic) bond motifs is 3. The number of aromatic nitrogens is 1. The third-order valence-electron chi connectivity index (χ3n) is 8.22. The molecule has 2 atom stereocenters. The average Bonchev–Trinajstić information content (AvgIpc) is 3.23. The molecule has 4 heterocycles. The molecule has 3 aliphatic heterocycles. The van der Waals surface area contributed by atoms with E-state index in [-0.39, 0.29) is 49.8 Å². The Balaban J connectivity index is 1.40. The first-order chi connectivity index (χ1) is 19.2. The van der Waals surface area contributed by atoms with Gasteiger partial charge in [-0.2, -0.15) is 8.78 Å². The summed E-state index contributed by atoms with van der Waals surface area (Å²) in [7, 11) is 0. The van der Waals surface area contributed by atoms with Crippen molar-refractivity contribution in [1.82, 2.24) is 14.8 Å². The van der Waals surface area contributed by atoms with Crippen molar-refractivity contribution in [3.63, 3.8) is 0 Å². The lowest BCUT2D eigenvalue weighted by molar-refractivity contribution is -0.148. The number of halogens is 5. The predicted octanol–water partition coefficient (Wildman–Crippen LogP) is 5.44. The van der Waals surface area contributed by atoms with E-state index in [0.29, 0.717) is 43.9 Å². The second kappa shape index (κ2) is 10.8. The summed E-state index contributed by atoms with van der Waals surface area (Å²) in [5.74, 6) is -1.02. The van der Waals surface area contributed by atoms with E-state index in [1.165, 1.54) is 12.1 Å². The fourth-order valence-corrected chi connectivity index (χ4v) is 6.30. The molecule has 0 aliphatic carbocycles. The third-order valence-corrected chi connectivity index (χ3v) is 8.22.